The first-order valence-electron chi connectivity index (χ1n) is 4.09. The Labute approximate surface area is 80.5 Å². The van der Waals surface area contributed by atoms with Gasteiger partial charge >= 0.3 is 0 Å². The highest BCUT2D eigenvalue weighted by Gasteiger charge is 2.13. The minimum absolute atomic E-state index is 0.668. The smallest absolute Gasteiger partial charge is 0.143 e. The van der Waals surface area contributed by atoms with Crippen LogP contribution in [0.1, 0.15) is 4.88 Å². The summed E-state index contributed by atoms with van der Waals surface area (Å²) in [4.78, 5) is 2.81. The lowest BCUT2D eigenvalue weighted by Crippen LogP contribution is -2.36. The first-order valence-corrected chi connectivity index (χ1v) is 4.87. The van der Waals surface area contributed by atoms with Crippen molar-refractivity contribution in [2.75, 3.05) is 31.2 Å². The van der Waals surface area contributed by atoms with Crippen molar-refractivity contribution in [1.82, 2.24) is 4.37 Å². The third kappa shape index (κ3) is 1.79. The molecule has 1 aromatic heterocycles. The Morgan fingerprint density at radius 3 is 2.92 bits per heavy atom. The van der Waals surface area contributed by atoms with Crippen LogP contribution in [-0.2, 0) is 4.74 Å². The van der Waals surface area contributed by atoms with Crippen LogP contribution in [0.2, 0.25) is 0 Å². The van der Waals surface area contributed by atoms with Crippen molar-refractivity contribution < 1.29 is 4.74 Å². The molecule has 1 aliphatic rings. The van der Waals surface area contributed by atoms with Crippen LogP contribution in [0.25, 0.3) is 0 Å². The number of ether oxygens (including phenoxy) is 1. The van der Waals surface area contributed by atoms with Gasteiger partial charge in [-0.15, -0.1) is 0 Å². The predicted octanol–water partition coefficient (Wildman–Crippen LogP) is 0.851. The van der Waals surface area contributed by atoms with Crippen LogP contribution in [0, 0.1) is 11.3 Å². The van der Waals surface area contributed by atoms with Gasteiger partial charge in [0.1, 0.15) is 16.8 Å². The molecule has 2 rings (SSSR count). The Kier molecular flexibility index (Phi) is 2.43. The van der Waals surface area contributed by atoms with E-state index in [1.807, 2.05) is 6.07 Å². The second-order valence-electron chi connectivity index (χ2n) is 2.76. The SMILES string of the molecule is N#Cc1cc(N2CCOCC2)ns1. The molecular formula is C8H9N3OS. The standard InChI is InChI=1S/C8H9N3OS/c9-6-7-5-8(10-13-7)11-1-3-12-4-2-11/h5H,1-4H2. The molecular weight excluding hydrogens is 186 g/mol. The van der Waals surface area contributed by atoms with Crippen LogP contribution in [0.5, 0.6) is 0 Å². The Balaban J connectivity index is 2.11. The molecule has 0 radical (unpaired) electrons. The van der Waals surface area contributed by atoms with Crippen LogP contribution in [0.4, 0.5) is 5.82 Å². The van der Waals surface area contributed by atoms with Gasteiger partial charge in [-0.1, -0.05) is 0 Å². The zero-order chi connectivity index (χ0) is 9.10. The van der Waals surface area contributed by atoms with E-state index in [4.69, 9.17) is 10.00 Å². The molecule has 0 N–H and O–H groups in total. The van der Waals surface area contributed by atoms with E-state index in [9.17, 15) is 0 Å². The van der Waals surface area contributed by atoms with E-state index in [0.29, 0.717) is 4.88 Å². The van der Waals surface area contributed by atoms with Gasteiger partial charge in [-0.25, -0.2) is 0 Å². The molecule has 0 saturated carbocycles. The minimum atomic E-state index is 0.668. The summed E-state index contributed by atoms with van der Waals surface area (Å²) in [5.41, 5.74) is 0. The molecule has 1 fully saturated rings. The van der Waals surface area contributed by atoms with Crippen molar-refractivity contribution in [2.45, 2.75) is 0 Å². The molecule has 0 spiro atoms. The van der Waals surface area contributed by atoms with Gasteiger partial charge in [0.05, 0.1) is 13.2 Å². The normalized spacial score (nSPS) is 17.0. The summed E-state index contributed by atoms with van der Waals surface area (Å²) in [5.74, 6) is 0.907. The van der Waals surface area contributed by atoms with Crippen LogP contribution < -0.4 is 4.90 Å². The molecule has 0 aromatic carbocycles. The minimum Gasteiger partial charge on any atom is -0.378 e. The summed E-state index contributed by atoms with van der Waals surface area (Å²) >= 11 is 1.25. The number of anilines is 1. The first-order chi connectivity index (χ1) is 6.40. The van der Waals surface area contributed by atoms with E-state index in [2.05, 4.69) is 15.3 Å². The first kappa shape index (κ1) is 8.48. The number of aromatic nitrogens is 1. The number of hydrogen-bond donors (Lipinski definition) is 0. The van der Waals surface area contributed by atoms with Gasteiger partial charge in [0.2, 0.25) is 0 Å². The van der Waals surface area contributed by atoms with Crippen LogP contribution >= 0.6 is 11.5 Å². The molecule has 1 aromatic rings. The maximum Gasteiger partial charge on any atom is 0.143 e. The molecule has 68 valence electrons. The quantitative estimate of drug-likeness (QED) is 0.666. The summed E-state index contributed by atoms with van der Waals surface area (Å²) in [6.45, 7) is 3.24. The van der Waals surface area contributed by atoms with E-state index in [0.717, 1.165) is 32.1 Å². The highest BCUT2D eigenvalue weighted by molar-refractivity contribution is 7.06. The lowest BCUT2D eigenvalue weighted by atomic mass is 10.4. The van der Waals surface area contributed by atoms with Gasteiger partial charge in [-0.05, 0) is 11.5 Å². The van der Waals surface area contributed by atoms with Crippen molar-refractivity contribution >= 4 is 17.4 Å². The fourth-order valence-electron chi connectivity index (χ4n) is 1.26. The zero-order valence-corrected chi connectivity index (χ0v) is 7.88. The lowest BCUT2D eigenvalue weighted by Gasteiger charge is -2.26. The lowest BCUT2D eigenvalue weighted by molar-refractivity contribution is 0.122. The molecule has 5 heteroatoms. The van der Waals surface area contributed by atoms with E-state index < -0.39 is 0 Å². The Morgan fingerprint density at radius 2 is 2.31 bits per heavy atom. The molecule has 0 amide bonds. The maximum atomic E-state index is 8.63. The largest absolute Gasteiger partial charge is 0.378 e. The topological polar surface area (TPSA) is 49.2 Å². The Morgan fingerprint density at radius 1 is 1.54 bits per heavy atom. The molecule has 0 atom stereocenters. The zero-order valence-electron chi connectivity index (χ0n) is 7.06. The molecule has 2 heterocycles. The molecule has 0 aliphatic carbocycles. The molecule has 0 unspecified atom stereocenters. The van der Waals surface area contributed by atoms with Gasteiger partial charge in [0.25, 0.3) is 0 Å². The van der Waals surface area contributed by atoms with Gasteiger partial charge in [-0.3, -0.25) is 0 Å². The predicted molar refractivity (Wildman–Crippen MR) is 49.9 cm³/mol. The van der Waals surface area contributed by atoms with Gasteiger partial charge in [0, 0.05) is 19.2 Å². The molecule has 4 nitrogen and oxygen atoms in total. The average molecular weight is 195 g/mol. The highest BCUT2D eigenvalue weighted by Crippen LogP contribution is 2.18. The van der Waals surface area contributed by atoms with Crippen LogP contribution in [-0.4, -0.2) is 30.7 Å². The summed E-state index contributed by atoms with van der Waals surface area (Å²) in [6.07, 6.45) is 0. The van der Waals surface area contributed by atoms with Crippen molar-refractivity contribution in [3.05, 3.63) is 10.9 Å². The molecule has 1 saturated heterocycles. The van der Waals surface area contributed by atoms with E-state index in [-0.39, 0.29) is 0 Å². The van der Waals surface area contributed by atoms with Gasteiger partial charge in [0.15, 0.2) is 0 Å². The molecule has 1 aliphatic heterocycles. The third-order valence-corrected chi connectivity index (χ3v) is 2.63. The van der Waals surface area contributed by atoms with Crippen molar-refractivity contribution in [3.63, 3.8) is 0 Å². The van der Waals surface area contributed by atoms with Crippen molar-refractivity contribution in [2.24, 2.45) is 0 Å². The number of rotatable bonds is 1. The maximum absolute atomic E-state index is 8.63. The van der Waals surface area contributed by atoms with E-state index in [1.165, 1.54) is 11.5 Å². The van der Waals surface area contributed by atoms with Crippen molar-refractivity contribution in [3.8, 4) is 6.07 Å². The number of nitriles is 1. The second kappa shape index (κ2) is 3.73. The summed E-state index contributed by atoms with van der Waals surface area (Å²) in [6, 6.07) is 3.91. The number of nitrogens with zero attached hydrogens (tertiary/aromatic N) is 3. The Bertz CT molecular complexity index is 324. The average Bonchev–Trinajstić information content (AvgIpc) is 2.67. The van der Waals surface area contributed by atoms with Crippen LogP contribution in [0.15, 0.2) is 6.07 Å². The van der Waals surface area contributed by atoms with E-state index >= 15 is 0 Å². The monoisotopic (exact) mass is 195 g/mol. The van der Waals surface area contributed by atoms with Gasteiger partial charge < -0.3 is 9.64 Å². The highest BCUT2D eigenvalue weighted by atomic mass is 32.1. The molecule has 13 heavy (non-hydrogen) atoms. The molecule has 0 bridgehead atoms. The second-order valence-corrected chi connectivity index (χ2v) is 3.57. The fourth-order valence-corrected chi connectivity index (χ4v) is 1.82. The number of morpholine rings is 1. The fraction of sp³-hybridized carbons (Fsp3) is 0.500. The van der Waals surface area contributed by atoms with Crippen molar-refractivity contribution in [1.29, 1.82) is 5.26 Å². The summed E-state index contributed by atoms with van der Waals surface area (Å²) in [7, 11) is 0. The summed E-state index contributed by atoms with van der Waals surface area (Å²) < 4.78 is 9.42. The Hall–Kier alpha value is -1.12. The van der Waals surface area contributed by atoms with Gasteiger partial charge in [-0.2, -0.15) is 9.64 Å². The van der Waals surface area contributed by atoms with E-state index in [1.54, 1.807) is 0 Å². The number of hydrogen-bond acceptors (Lipinski definition) is 5. The van der Waals surface area contributed by atoms with Crippen LogP contribution in [0.3, 0.4) is 0 Å². The third-order valence-electron chi connectivity index (χ3n) is 1.94. The summed E-state index contributed by atoms with van der Waals surface area (Å²) in [5, 5.41) is 8.63.